The van der Waals surface area contributed by atoms with Crippen LogP contribution in [0.25, 0.3) is 0 Å². The van der Waals surface area contributed by atoms with Crippen LogP contribution in [0, 0.1) is 0 Å². The van der Waals surface area contributed by atoms with Crippen LogP contribution in [0.3, 0.4) is 0 Å². The van der Waals surface area contributed by atoms with Gasteiger partial charge in [0.25, 0.3) is 0 Å². The molecule has 0 unspecified atom stereocenters. The van der Waals surface area contributed by atoms with Gasteiger partial charge in [0.15, 0.2) is 0 Å². The van der Waals surface area contributed by atoms with Crippen molar-refractivity contribution in [2.24, 2.45) is 5.73 Å². The number of hydrogen-bond donors (Lipinski definition) is 3. The van der Waals surface area contributed by atoms with Gasteiger partial charge < -0.3 is 15.9 Å². The maximum absolute atomic E-state index is 10.7. The van der Waals surface area contributed by atoms with Crippen LogP contribution in [0.15, 0.2) is 24.3 Å². The number of carbonyl (C=O) groups is 1. The van der Waals surface area contributed by atoms with Gasteiger partial charge in [-0.05, 0) is 5.56 Å². The zero-order valence-corrected chi connectivity index (χ0v) is 11.3. The zero-order chi connectivity index (χ0) is 13.2. The summed E-state index contributed by atoms with van der Waals surface area (Å²) >= 11 is 0. The fourth-order valence-corrected chi connectivity index (χ4v) is 2.69. The monoisotopic (exact) mass is 253 g/mol. The molecule has 0 aliphatic rings. The molecule has 0 fully saturated rings. The summed E-state index contributed by atoms with van der Waals surface area (Å²) in [7, 11) is -1.37. The van der Waals surface area contributed by atoms with Crippen molar-refractivity contribution in [2.45, 2.75) is 31.8 Å². The van der Waals surface area contributed by atoms with E-state index in [1.165, 1.54) is 5.19 Å². The molecule has 0 spiro atoms. The van der Waals surface area contributed by atoms with Crippen molar-refractivity contribution in [3.05, 3.63) is 29.8 Å². The highest BCUT2D eigenvalue weighted by atomic mass is 28.3. The second kappa shape index (κ2) is 4.99. The summed E-state index contributed by atoms with van der Waals surface area (Å²) in [4.78, 5) is 10.7. The zero-order valence-electron chi connectivity index (χ0n) is 10.3. The predicted molar refractivity (Wildman–Crippen MR) is 70.0 cm³/mol. The van der Waals surface area contributed by atoms with Crippen molar-refractivity contribution < 1.29 is 15.0 Å². The Morgan fingerprint density at radius 1 is 1.24 bits per heavy atom. The molecule has 1 aromatic carbocycles. The molecule has 5 heteroatoms. The minimum Gasteiger partial charge on any atom is -0.480 e. The molecular formula is C12H19NO3Si. The minimum absolute atomic E-state index is 0.543. The minimum atomic E-state index is -1.37. The van der Waals surface area contributed by atoms with Crippen molar-refractivity contribution in [2.75, 3.05) is 0 Å². The lowest BCUT2D eigenvalue weighted by Crippen LogP contribution is -2.38. The van der Waals surface area contributed by atoms with E-state index in [1.807, 2.05) is 12.1 Å². The quantitative estimate of drug-likeness (QED) is 0.689. The van der Waals surface area contributed by atoms with Gasteiger partial charge in [-0.25, -0.2) is 0 Å². The third-order valence-corrected chi connectivity index (χ3v) is 4.81. The van der Waals surface area contributed by atoms with Crippen LogP contribution in [0.2, 0.25) is 19.6 Å². The first-order valence-electron chi connectivity index (χ1n) is 5.50. The fraction of sp³-hybridized carbons (Fsp3) is 0.417. The summed E-state index contributed by atoms with van der Waals surface area (Å²) in [6.07, 6.45) is -1.16. The average Bonchev–Trinajstić information content (AvgIpc) is 2.26. The highest BCUT2D eigenvalue weighted by molar-refractivity contribution is 6.88. The van der Waals surface area contributed by atoms with Crippen LogP contribution in [-0.4, -0.2) is 30.3 Å². The van der Waals surface area contributed by atoms with Gasteiger partial charge in [0.1, 0.15) is 12.1 Å². The van der Waals surface area contributed by atoms with Crippen LogP contribution in [-0.2, 0) is 4.79 Å². The third kappa shape index (κ3) is 3.39. The number of carboxylic acid groups (broad SMARTS) is 1. The van der Waals surface area contributed by atoms with Gasteiger partial charge in [-0.2, -0.15) is 0 Å². The van der Waals surface area contributed by atoms with Crippen molar-refractivity contribution in [1.82, 2.24) is 0 Å². The van der Waals surface area contributed by atoms with Crippen LogP contribution < -0.4 is 10.9 Å². The molecule has 0 amide bonds. The Morgan fingerprint density at radius 3 is 2.06 bits per heavy atom. The van der Waals surface area contributed by atoms with Gasteiger partial charge in [-0.3, -0.25) is 4.79 Å². The molecule has 0 aliphatic carbocycles. The lowest BCUT2D eigenvalue weighted by atomic mass is 10.0. The molecule has 17 heavy (non-hydrogen) atoms. The molecule has 4 N–H and O–H groups in total. The maximum atomic E-state index is 10.7. The number of rotatable bonds is 4. The Morgan fingerprint density at radius 2 is 1.71 bits per heavy atom. The van der Waals surface area contributed by atoms with E-state index in [1.54, 1.807) is 12.1 Å². The summed E-state index contributed by atoms with van der Waals surface area (Å²) in [6, 6.07) is 6.11. The van der Waals surface area contributed by atoms with E-state index in [4.69, 9.17) is 10.8 Å². The highest BCUT2D eigenvalue weighted by Gasteiger charge is 2.24. The fourth-order valence-electron chi connectivity index (χ4n) is 1.52. The summed E-state index contributed by atoms with van der Waals surface area (Å²) < 4.78 is 0. The summed E-state index contributed by atoms with van der Waals surface area (Å²) in [5.41, 5.74) is 5.92. The number of nitrogens with two attached hydrogens (primary N) is 1. The van der Waals surface area contributed by atoms with Crippen LogP contribution >= 0.6 is 0 Å². The summed E-state index contributed by atoms with van der Waals surface area (Å²) in [5.74, 6) is -1.20. The highest BCUT2D eigenvalue weighted by Crippen LogP contribution is 2.15. The molecular weight excluding hydrogens is 234 g/mol. The molecule has 0 heterocycles. The number of aliphatic carboxylic acids is 1. The largest absolute Gasteiger partial charge is 0.480 e. The average molecular weight is 253 g/mol. The SMILES string of the molecule is C[Si](C)(C)c1ccc([C@@H](O)[C@@H](N)C(=O)O)cc1. The normalized spacial score (nSPS) is 15.4. The molecule has 1 rings (SSSR count). The second-order valence-corrected chi connectivity index (χ2v) is 10.3. The van der Waals surface area contributed by atoms with Gasteiger partial charge in [-0.15, -0.1) is 0 Å². The molecule has 2 atom stereocenters. The van der Waals surface area contributed by atoms with Crippen molar-refractivity contribution >= 4 is 19.2 Å². The van der Waals surface area contributed by atoms with Crippen molar-refractivity contribution in [3.8, 4) is 0 Å². The predicted octanol–water partition coefficient (Wildman–Crippen LogP) is 0.677. The van der Waals surface area contributed by atoms with E-state index in [9.17, 15) is 9.90 Å². The van der Waals surface area contributed by atoms with Crippen molar-refractivity contribution in [3.63, 3.8) is 0 Å². The summed E-state index contributed by atoms with van der Waals surface area (Å²) in [6.45, 7) is 6.67. The first-order chi connectivity index (χ1) is 7.73. The Bertz CT molecular complexity index is 397. The van der Waals surface area contributed by atoms with Crippen LogP contribution in [0.1, 0.15) is 11.7 Å². The maximum Gasteiger partial charge on any atom is 0.323 e. The Kier molecular flexibility index (Phi) is 4.08. The van der Waals surface area contributed by atoms with Crippen molar-refractivity contribution in [1.29, 1.82) is 0 Å². The van der Waals surface area contributed by atoms with E-state index in [0.29, 0.717) is 5.56 Å². The molecule has 1 aromatic rings. The Hall–Kier alpha value is -1.17. The second-order valence-electron chi connectivity index (χ2n) is 5.18. The molecule has 0 radical (unpaired) electrons. The molecule has 0 saturated carbocycles. The van der Waals surface area contributed by atoms with Crippen LogP contribution in [0.5, 0.6) is 0 Å². The first kappa shape index (κ1) is 13.9. The number of aliphatic hydroxyl groups excluding tert-OH is 1. The van der Waals surface area contributed by atoms with Gasteiger partial charge in [0.05, 0.1) is 8.07 Å². The van der Waals surface area contributed by atoms with E-state index in [0.717, 1.165) is 0 Å². The Labute approximate surface area is 102 Å². The van der Waals surface area contributed by atoms with Gasteiger partial charge in [0.2, 0.25) is 0 Å². The lowest BCUT2D eigenvalue weighted by Gasteiger charge is -2.19. The van der Waals surface area contributed by atoms with E-state index in [-0.39, 0.29) is 0 Å². The third-order valence-electron chi connectivity index (χ3n) is 2.74. The number of hydrogen-bond acceptors (Lipinski definition) is 3. The number of benzene rings is 1. The topological polar surface area (TPSA) is 83.5 Å². The van der Waals surface area contributed by atoms with E-state index < -0.39 is 26.2 Å². The standard InChI is InChI=1S/C12H19NO3Si/c1-17(2,3)9-6-4-8(5-7-9)11(14)10(13)12(15)16/h4-7,10-11,14H,13H2,1-3H3,(H,15,16)/t10-,11-/m1/s1. The molecule has 0 saturated heterocycles. The van der Waals surface area contributed by atoms with Crippen LogP contribution in [0.4, 0.5) is 0 Å². The molecule has 0 aromatic heterocycles. The van der Waals surface area contributed by atoms with Gasteiger partial charge in [0, 0.05) is 0 Å². The number of aliphatic hydroxyl groups is 1. The molecule has 4 nitrogen and oxygen atoms in total. The summed E-state index contributed by atoms with van der Waals surface area (Å²) in [5, 5.41) is 19.7. The van der Waals surface area contributed by atoms with Gasteiger partial charge >= 0.3 is 5.97 Å². The lowest BCUT2D eigenvalue weighted by molar-refractivity contribution is -0.141. The van der Waals surface area contributed by atoms with Gasteiger partial charge in [-0.1, -0.05) is 49.1 Å². The number of carboxylic acids is 1. The molecule has 94 valence electrons. The molecule has 0 bridgehead atoms. The Balaban J connectivity index is 2.92. The first-order valence-corrected chi connectivity index (χ1v) is 9.00. The smallest absolute Gasteiger partial charge is 0.323 e. The van der Waals surface area contributed by atoms with E-state index >= 15 is 0 Å². The van der Waals surface area contributed by atoms with E-state index in [2.05, 4.69) is 19.6 Å². The molecule has 0 aliphatic heterocycles.